The van der Waals surface area contributed by atoms with E-state index in [4.69, 9.17) is 5.73 Å². The molecule has 1 aliphatic heterocycles. The quantitative estimate of drug-likeness (QED) is 0.706. The lowest BCUT2D eigenvalue weighted by Crippen LogP contribution is -2.48. The highest BCUT2D eigenvalue weighted by atomic mass is 19.1. The van der Waals surface area contributed by atoms with E-state index in [1.54, 1.807) is 0 Å². The van der Waals surface area contributed by atoms with E-state index in [0.717, 1.165) is 25.2 Å². The number of piperazine rings is 1. The molecule has 1 unspecified atom stereocenters. The van der Waals surface area contributed by atoms with Crippen molar-refractivity contribution in [1.29, 1.82) is 0 Å². The number of rotatable bonds is 3. The SMILES string of the molecule is NC(=O)C(c1cc(F)ccc1O)N1CCNCC1. The summed E-state index contributed by atoms with van der Waals surface area (Å²) >= 11 is 0. The van der Waals surface area contributed by atoms with Gasteiger partial charge in [0.15, 0.2) is 0 Å². The molecule has 0 bridgehead atoms. The van der Waals surface area contributed by atoms with Gasteiger partial charge in [0.25, 0.3) is 0 Å². The second-order valence-corrected chi connectivity index (χ2v) is 4.29. The van der Waals surface area contributed by atoms with Crippen LogP contribution in [-0.4, -0.2) is 42.1 Å². The lowest BCUT2D eigenvalue weighted by Gasteiger charge is -2.33. The summed E-state index contributed by atoms with van der Waals surface area (Å²) in [5.74, 6) is -1.19. The average Bonchev–Trinajstić information content (AvgIpc) is 2.35. The van der Waals surface area contributed by atoms with Gasteiger partial charge < -0.3 is 16.2 Å². The number of nitrogens with zero attached hydrogens (tertiary/aromatic N) is 1. The van der Waals surface area contributed by atoms with Crippen LogP contribution in [0.3, 0.4) is 0 Å². The Bertz CT molecular complexity index is 447. The van der Waals surface area contributed by atoms with Gasteiger partial charge in [0.05, 0.1) is 0 Å². The Morgan fingerprint density at radius 3 is 2.72 bits per heavy atom. The highest BCUT2D eigenvalue weighted by Gasteiger charge is 2.29. The van der Waals surface area contributed by atoms with Crippen LogP contribution in [-0.2, 0) is 4.79 Å². The Kier molecular flexibility index (Phi) is 3.78. The lowest BCUT2D eigenvalue weighted by atomic mass is 10.0. The van der Waals surface area contributed by atoms with Gasteiger partial charge in [0.1, 0.15) is 17.6 Å². The van der Waals surface area contributed by atoms with Crippen LogP contribution in [0.25, 0.3) is 0 Å². The second-order valence-electron chi connectivity index (χ2n) is 4.29. The lowest BCUT2D eigenvalue weighted by molar-refractivity contribution is -0.123. The van der Waals surface area contributed by atoms with Crippen molar-refractivity contribution in [2.45, 2.75) is 6.04 Å². The Morgan fingerprint density at radius 2 is 2.11 bits per heavy atom. The smallest absolute Gasteiger partial charge is 0.239 e. The van der Waals surface area contributed by atoms with Gasteiger partial charge in [-0.25, -0.2) is 4.39 Å². The molecule has 0 spiro atoms. The molecule has 18 heavy (non-hydrogen) atoms. The van der Waals surface area contributed by atoms with E-state index in [2.05, 4.69) is 5.32 Å². The molecule has 0 saturated carbocycles. The summed E-state index contributed by atoms with van der Waals surface area (Å²) in [6.07, 6.45) is 0. The van der Waals surface area contributed by atoms with Gasteiger partial charge in [-0.3, -0.25) is 9.69 Å². The number of nitrogens with one attached hydrogen (secondary N) is 1. The van der Waals surface area contributed by atoms with Crippen molar-refractivity contribution in [3.8, 4) is 5.75 Å². The van der Waals surface area contributed by atoms with Crippen molar-refractivity contribution in [2.24, 2.45) is 5.73 Å². The van der Waals surface area contributed by atoms with E-state index in [0.29, 0.717) is 13.1 Å². The van der Waals surface area contributed by atoms with Crippen LogP contribution in [0.4, 0.5) is 4.39 Å². The van der Waals surface area contributed by atoms with Gasteiger partial charge in [0.2, 0.25) is 5.91 Å². The first-order valence-corrected chi connectivity index (χ1v) is 5.82. The van der Waals surface area contributed by atoms with E-state index in [1.807, 2.05) is 4.90 Å². The highest BCUT2D eigenvalue weighted by Crippen LogP contribution is 2.29. The number of phenolic OH excluding ortho intramolecular Hbond substituents is 1. The number of amides is 1. The third-order valence-electron chi connectivity index (χ3n) is 3.07. The van der Waals surface area contributed by atoms with Crippen LogP contribution in [0.2, 0.25) is 0 Å². The van der Waals surface area contributed by atoms with Crippen LogP contribution in [0.1, 0.15) is 11.6 Å². The van der Waals surface area contributed by atoms with Crippen molar-refractivity contribution in [3.63, 3.8) is 0 Å². The summed E-state index contributed by atoms with van der Waals surface area (Å²) in [6.45, 7) is 2.73. The van der Waals surface area contributed by atoms with Gasteiger partial charge in [-0.15, -0.1) is 0 Å². The third kappa shape index (κ3) is 2.60. The topological polar surface area (TPSA) is 78.6 Å². The number of halogens is 1. The summed E-state index contributed by atoms with van der Waals surface area (Å²) in [5.41, 5.74) is 5.61. The summed E-state index contributed by atoms with van der Waals surface area (Å²) in [5, 5.41) is 12.9. The van der Waals surface area contributed by atoms with Crippen LogP contribution < -0.4 is 11.1 Å². The fraction of sp³-hybridized carbons (Fsp3) is 0.417. The minimum Gasteiger partial charge on any atom is -0.508 e. The molecule has 4 N–H and O–H groups in total. The standard InChI is InChI=1S/C12H16FN3O2/c13-8-1-2-10(17)9(7-8)11(12(14)18)16-5-3-15-4-6-16/h1-2,7,11,15,17H,3-6H2,(H2,14,18). The molecule has 1 atom stereocenters. The first-order valence-electron chi connectivity index (χ1n) is 5.82. The van der Waals surface area contributed by atoms with Gasteiger partial charge in [-0.05, 0) is 18.2 Å². The molecular formula is C12H16FN3O2. The number of nitrogens with two attached hydrogens (primary N) is 1. The van der Waals surface area contributed by atoms with E-state index >= 15 is 0 Å². The molecule has 0 aliphatic carbocycles. The summed E-state index contributed by atoms with van der Waals surface area (Å²) in [4.78, 5) is 13.4. The Balaban J connectivity index is 2.34. The van der Waals surface area contributed by atoms with Crippen LogP contribution >= 0.6 is 0 Å². The van der Waals surface area contributed by atoms with Crippen LogP contribution in [0.5, 0.6) is 5.75 Å². The fourth-order valence-electron chi connectivity index (χ4n) is 2.21. The minimum atomic E-state index is -0.789. The number of carbonyl (C=O) groups is 1. The number of benzene rings is 1. The van der Waals surface area contributed by atoms with Crippen molar-refractivity contribution in [3.05, 3.63) is 29.6 Å². The molecule has 98 valence electrons. The van der Waals surface area contributed by atoms with Gasteiger partial charge in [-0.2, -0.15) is 0 Å². The van der Waals surface area contributed by atoms with Gasteiger partial charge >= 0.3 is 0 Å². The zero-order valence-electron chi connectivity index (χ0n) is 9.90. The minimum absolute atomic E-state index is 0.112. The third-order valence-corrected chi connectivity index (χ3v) is 3.07. The molecule has 1 fully saturated rings. The van der Waals surface area contributed by atoms with Crippen molar-refractivity contribution in [2.75, 3.05) is 26.2 Å². The molecule has 6 heteroatoms. The maximum Gasteiger partial charge on any atom is 0.239 e. The fourth-order valence-corrected chi connectivity index (χ4v) is 2.21. The first kappa shape index (κ1) is 12.8. The number of hydrogen-bond donors (Lipinski definition) is 3. The number of aromatic hydroxyl groups is 1. The Labute approximate surface area is 104 Å². The first-order chi connectivity index (χ1) is 8.59. The molecule has 0 radical (unpaired) electrons. The molecule has 2 rings (SSSR count). The second kappa shape index (κ2) is 5.32. The maximum absolute atomic E-state index is 13.2. The molecule has 1 aromatic rings. The normalized spacial score (nSPS) is 18.5. The number of carbonyl (C=O) groups excluding carboxylic acids is 1. The van der Waals surface area contributed by atoms with Crippen LogP contribution in [0, 0.1) is 5.82 Å². The zero-order chi connectivity index (χ0) is 13.1. The highest BCUT2D eigenvalue weighted by molar-refractivity contribution is 5.82. The van der Waals surface area contributed by atoms with Crippen molar-refractivity contribution >= 4 is 5.91 Å². The number of phenols is 1. The van der Waals surface area contributed by atoms with Crippen molar-refractivity contribution in [1.82, 2.24) is 10.2 Å². The molecule has 1 heterocycles. The largest absolute Gasteiger partial charge is 0.508 e. The molecule has 5 nitrogen and oxygen atoms in total. The summed E-state index contributed by atoms with van der Waals surface area (Å²) in [7, 11) is 0. The van der Waals surface area contributed by atoms with E-state index < -0.39 is 17.8 Å². The molecule has 1 aromatic carbocycles. The predicted octanol–water partition coefficient (Wildman–Crippen LogP) is -0.0371. The van der Waals surface area contributed by atoms with Crippen LogP contribution in [0.15, 0.2) is 18.2 Å². The Morgan fingerprint density at radius 1 is 1.44 bits per heavy atom. The zero-order valence-corrected chi connectivity index (χ0v) is 9.90. The molecular weight excluding hydrogens is 237 g/mol. The summed E-state index contributed by atoms with van der Waals surface area (Å²) < 4.78 is 13.2. The van der Waals surface area contributed by atoms with Gasteiger partial charge in [0, 0.05) is 31.7 Å². The average molecular weight is 253 g/mol. The van der Waals surface area contributed by atoms with Crippen molar-refractivity contribution < 1.29 is 14.3 Å². The predicted molar refractivity (Wildman–Crippen MR) is 64.4 cm³/mol. The molecule has 1 aliphatic rings. The van der Waals surface area contributed by atoms with E-state index in [1.165, 1.54) is 6.07 Å². The molecule has 0 aromatic heterocycles. The Hall–Kier alpha value is -1.66. The maximum atomic E-state index is 13.2. The van der Waals surface area contributed by atoms with Gasteiger partial charge in [-0.1, -0.05) is 0 Å². The number of primary amides is 1. The monoisotopic (exact) mass is 253 g/mol. The van der Waals surface area contributed by atoms with E-state index in [9.17, 15) is 14.3 Å². The molecule has 1 amide bonds. The number of hydrogen-bond acceptors (Lipinski definition) is 4. The molecule has 1 saturated heterocycles. The summed E-state index contributed by atoms with van der Waals surface area (Å²) in [6, 6.07) is 2.76. The van der Waals surface area contributed by atoms with E-state index in [-0.39, 0.29) is 11.3 Å².